The van der Waals surface area contributed by atoms with Crippen molar-refractivity contribution in [3.63, 3.8) is 0 Å². The van der Waals surface area contributed by atoms with Crippen LogP contribution in [0.2, 0.25) is 0 Å². The van der Waals surface area contributed by atoms with E-state index < -0.39 is 12.6 Å². The monoisotopic (exact) mass is 268 g/mol. The van der Waals surface area contributed by atoms with E-state index in [4.69, 9.17) is 5.11 Å². The van der Waals surface area contributed by atoms with Crippen LogP contribution >= 0.6 is 11.3 Å². The molecule has 0 bridgehead atoms. The molecule has 0 fully saturated rings. The zero-order valence-electron chi connectivity index (χ0n) is 9.35. The summed E-state index contributed by atoms with van der Waals surface area (Å²) in [7, 11) is 0. The second kappa shape index (κ2) is 5.05. The maximum absolute atomic E-state index is 12.5. The predicted octanol–water partition coefficient (Wildman–Crippen LogP) is 2.15. The number of anilines is 2. The van der Waals surface area contributed by atoms with Gasteiger partial charge >= 0.3 is 5.97 Å². The second-order valence-corrected chi connectivity index (χ2v) is 4.28. The Balaban J connectivity index is 2.22. The van der Waals surface area contributed by atoms with Gasteiger partial charge < -0.3 is 10.4 Å². The minimum absolute atomic E-state index is 0.0548. The lowest BCUT2D eigenvalue weighted by molar-refractivity contribution is 0.0691. The van der Waals surface area contributed by atoms with Crippen molar-refractivity contribution in [3.05, 3.63) is 28.5 Å². The highest BCUT2D eigenvalue weighted by molar-refractivity contribution is 7.14. The van der Waals surface area contributed by atoms with Crippen molar-refractivity contribution in [2.45, 2.75) is 13.6 Å². The van der Waals surface area contributed by atoms with Gasteiger partial charge in [-0.25, -0.2) is 24.1 Å². The molecule has 0 atom stereocenters. The summed E-state index contributed by atoms with van der Waals surface area (Å²) in [4.78, 5) is 22.5. The van der Waals surface area contributed by atoms with Gasteiger partial charge in [0.2, 0.25) is 5.95 Å². The van der Waals surface area contributed by atoms with Crippen molar-refractivity contribution in [1.29, 1.82) is 0 Å². The first kappa shape index (κ1) is 12.4. The first-order valence-corrected chi connectivity index (χ1v) is 5.83. The first-order chi connectivity index (χ1) is 8.58. The molecule has 0 aliphatic carbocycles. The number of nitrogens with zero attached hydrogens (tertiary/aromatic N) is 3. The Morgan fingerprint density at radius 2 is 2.28 bits per heavy atom. The van der Waals surface area contributed by atoms with Gasteiger partial charge in [-0.05, 0) is 13.0 Å². The summed E-state index contributed by atoms with van der Waals surface area (Å²) in [5, 5.41) is 13.2. The number of rotatable bonds is 4. The molecule has 2 aromatic rings. The fraction of sp³-hybridized carbons (Fsp3) is 0.200. The SMILES string of the molecule is Cc1cc(CF)nc(Nc2nc(C(=O)O)cs2)n1. The zero-order valence-corrected chi connectivity index (χ0v) is 10.2. The van der Waals surface area contributed by atoms with Crippen LogP contribution in [0.15, 0.2) is 11.4 Å². The Bertz CT molecular complexity index is 587. The van der Waals surface area contributed by atoms with Crippen molar-refractivity contribution in [2.75, 3.05) is 5.32 Å². The topological polar surface area (TPSA) is 88.0 Å². The average Bonchev–Trinajstić information content (AvgIpc) is 2.76. The third-order valence-electron chi connectivity index (χ3n) is 1.99. The zero-order chi connectivity index (χ0) is 13.1. The Morgan fingerprint density at radius 1 is 1.50 bits per heavy atom. The number of alkyl halides is 1. The third-order valence-corrected chi connectivity index (χ3v) is 2.74. The molecule has 94 valence electrons. The van der Waals surface area contributed by atoms with Gasteiger partial charge in [0, 0.05) is 11.1 Å². The number of nitrogens with one attached hydrogen (secondary N) is 1. The number of carboxylic acid groups (broad SMARTS) is 1. The smallest absolute Gasteiger partial charge is 0.355 e. The van der Waals surface area contributed by atoms with Crippen LogP contribution in [-0.2, 0) is 6.67 Å². The highest BCUT2D eigenvalue weighted by Gasteiger charge is 2.10. The maximum Gasteiger partial charge on any atom is 0.355 e. The fourth-order valence-electron chi connectivity index (χ4n) is 1.28. The summed E-state index contributed by atoms with van der Waals surface area (Å²) >= 11 is 1.12. The lowest BCUT2D eigenvalue weighted by Crippen LogP contribution is -2.02. The highest BCUT2D eigenvalue weighted by atomic mass is 32.1. The Labute approximate surface area is 106 Å². The molecular formula is C10H9FN4O2S. The summed E-state index contributed by atoms with van der Waals surface area (Å²) in [5.41, 5.74) is 0.830. The number of carbonyl (C=O) groups is 1. The van der Waals surface area contributed by atoms with Crippen LogP contribution in [0.3, 0.4) is 0 Å². The molecule has 18 heavy (non-hydrogen) atoms. The average molecular weight is 268 g/mol. The minimum atomic E-state index is -1.10. The van der Waals surface area contributed by atoms with Gasteiger partial charge in [-0.1, -0.05) is 0 Å². The number of thiazole rings is 1. The van der Waals surface area contributed by atoms with E-state index in [1.54, 1.807) is 6.92 Å². The maximum atomic E-state index is 12.5. The molecule has 0 radical (unpaired) electrons. The molecule has 0 aromatic carbocycles. The number of hydrogen-bond acceptors (Lipinski definition) is 6. The third kappa shape index (κ3) is 2.77. The number of aromatic nitrogens is 3. The summed E-state index contributed by atoms with van der Waals surface area (Å²) in [6.45, 7) is 1.03. The van der Waals surface area contributed by atoms with Crippen LogP contribution in [0.4, 0.5) is 15.5 Å². The van der Waals surface area contributed by atoms with E-state index in [1.165, 1.54) is 11.4 Å². The highest BCUT2D eigenvalue weighted by Crippen LogP contribution is 2.19. The summed E-state index contributed by atoms with van der Waals surface area (Å²) in [6.07, 6.45) is 0. The van der Waals surface area contributed by atoms with Crippen LogP contribution in [0, 0.1) is 6.92 Å². The molecule has 0 spiro atoms. The van der Waals surface area contributed by atoms with Crippen molar-refractivity contribution < 1.29 is 14.3 Å². The lowest BCUT2D eigenvalue weighted by Gasteiger charge is -2.03. The van der Waals surface area contributed by atoms with E-state index in [-0.39, 0.29) is 17.3 Å². The normalized spacial score (nSPS) is 10.3. The molecule has 0 saturated carbocycles. The minimum Gasteiger partial charge on any atom is -0.476 e. The van der Waals surface area contributed by atoms with E-state index in [0.717, 1.165) is 11.3 Å². The predicted molar refractivity (Wildman–Crippen MR) is 63.9 cm³/mol. The van der Waals surface area contributed by atoms with Gasteiger partial charge in [0.15, 0.2) is 10.8 Å². The summed E-state index contributed by atoms with van der Waals surface area (Å²) in [6, 6.07) is 1.54. The van der Waals surface area contributed by atoms with E-state index in [1.807, 2.05) is 0 Å². The molecule has 2 N–H and O–H groups in total. The van der Waals surface area contributed by atoms with Crippen LogP contribution in [0.1, 0.15) is 21.9 Å². The molecule has 0 saturated heterocycles. The number of hydrogen-bond donors (Lipinski definition) is 2. The molecule has 8 heteroatoms. The number of aryl methyl sites for hydroxylation is 1. The molecule has 0 aliphatic rings. The number of aromatic carboxylic acids is 1. The molecule has 0 aliphatic heterocycles. The Kier molecular flexibility index (Phi) is 3.47. The van der Waals surface area contributed by atoms with Gasteiger partial charge in [0.25, 0.3) is 0 Å². The fourth-order valence-corrected chi connectivity index (χ4v) is 1.96. The Morgan fingerprint density at radius 3 is 2.89 bits per heavy atom. The van der Waals surface area contributed by atoms with Gasteiger partial charge in [-0.2, -0.15) is 0 Å². The van der Waals surface area contributed by atoms with E-state index >= 15 is 0 Å². The van der Waals surface area contributed by atoms with Crippen molar-refractivity contribution in [3.8, 4) is 0 Å². The number of halogens is 1. The van der Waals surface area contributed by atoms with Gasteiger partial charge in [-0.3, -0.25) is 0 Å². The van der Waals surface area contributed by atoms with Gasteiger partial charge in [0.1, 0.15) is 6.67 Å². The van der Waals surface area contributed by atoms with Crippen LogP contribution in [0.25, 0.3) is 0 Å². The van der Waals surface area contributed by atoms with E-state index in [2.05, 4.69) is 20.3 Å². The van der Waals surface area contributed by atoms with Crippen molar-refractivity contribution in [1.82, 2.24) is 15.0 Å². The molecule has 0 unspecified atom stereocenters. The van der Waals surface area contributed by atoms with Crippen molar-refractivity contribution in [2.24, 2.45) is 0 Å². The molecule has 6 nitrogen and oxygen atoms in total. The summed E-state index contributed by atoms with van der Waals surface area (Å²) < 4.78 is 12.5. The molecular weight excluding hydrogens is 259 g/mol. The van der Waals surface area contributed by atoms with E-state index in [0.29, 0.717) is 10.8 Å². The van der Waals surface area contributed by atoms with Crippen LogP contribution in [-0.4, -0.2) is 26.0 Å². The van der Waals surface area contributed by atoms with E-state index in [9.17, 15) is 9.18 Å². The number of carboxylic acids is 1. The quantitative estimate of drug-likeness (QED) is 0.883. The second-order valence-electron chi connectivity index (χ2n) is 3.43. The summed E-state index contributed by atoms with van der Waals surface area (Å²) in [5.74, 6) is -0.900. The standard InChI is InChI=1S/C10H9FN4O2S/c1-5-2-6(3-11)13-9(12-5)15-10-14-7(4-18-10)8(16)17/h2,4H,3H2,1H3,(H,16,17)(H,12,13,14,15). The first-order valence-electron chi connectivity index (χ1n) is 4.95. The van der Waals surface area contributed by atoms with Crippen LogP contribution in [0.5, 0.6) is 0 Å². The molecule has 0 amide bonds. The van der Waals surface area contributed by atoms with Crippen LogP contribution < -0.4 is 5.32 Å². The lowest BCUT2D eigenvalue weighted by atomic mass is 10.3. The molecule has 2 heterocycles. The Hall–Kier alpha value is -2.09. The van der Waals surface area contributed by atoms with Crippen molar-refractivity contribution >= 4 is 28.4 Å². The molecule has 2 aromatic heterocycles. The molecule has 2 rings (SSSR count). The van der Waals surface area contributed by atoms with Gasteiger partial charge in [-0.15, -0.1) is 11.3 Å². The largest absolute Gasteiger partial charge is 0.476 e. The van der Waals surface area contributed by atoms with Gasteiger partial charge in [0.05, 0.1) is 5.69 Å².